The summed E-state index contributed by atoms with van der Waals surface area (Å²) in [6, 6.07) is 9.13. The van der Waals surface area contributed by atoms with E-state index in [2.05, 4.69) is 21.2 Å². The molecule has 0 aromatic heterocycles. The lowest BCUT2D eigenvalue weighted by molar-refractivity contribution is -0.138. The van der Waals surface area contributed by atoms with E-state index in [0.717, 1.165) is 11.0 Å². The second kappa shape index (κ2) is 7.15. The molecule has 2 aromatic carbocycles. The highest BCUT2D eigenvalue weighted by molar-refractivity contribution is 9.10. The van der Waals surface area contributed by atoms with Crippen molar-refractivity contribution in [1.82, 2.24) is 0 Å². The molecule has 0 aliphatic carbocycles. The summed E-state index contributed by atoms with van der Waals surface area (Å²) in [6.45, 7) is 0. The van der Waals surface area contributed by atoms with Crippen molar-refractivity contribution in [1.29, 1.82) is 0 Å². The first-order chi connectivity index (χ1) is 12.7. The molecule has 3 amide bonds. The number of nitrogens with one attached hydrogen (secondary N) is 1. The Morgan fingerprint density at radius 3 is 2.33 bits per heavy atom. The molecule has 140 valence electrons. The van der Waals surface area contributed by atoms with Gasteiger partial charge in [0.1, 0.15) is 0 Å². The number of halogens is 4. The van der Waals surface area contributed by atoms with Crippen LogP contribution in [0, 0.1) is 0 Å². The maximum atomic E-state index is 13.0. The molecule has 1 aliphatic heterocycles. The normalized spacial score (nSPS) is 14.6. The SMILES string of the molecule is O=C(Nc1ccc(Br)c(C(F)(F)F)c1)c1cccc(N2C(=O)CCC2=O)c1. The summed E-state index contributed by atoms with van der Waals surface area (Å²) in [7, 11) is 0. The number of alkyl halides is 3. The van der Waals surface area contributed by atoms with Crippen LogP contribution in [0.2, 0.25) is 0 Å². The summed E-state index contributed by atoms with van der Waals surface area (Å²) in [4.78, 5) is 37.0. The van der Waals surface area contributed by atoms with Crippen LogP contribution in [0.4, 0.5) is 24.5 Å². The third kappa shape index (κ3) is 4.02. The van der Waals surface area contributed by atoms with Gasteiger partial charge >= 0.3 is 6.18 Å². The Labute approximate surface area is 160 Å². The van der Waals surface area contributed by atoms with Crippen molar-refractivity contribution in [2.75, 3.05) is 10.2 Å². The molecule has 0 unspecified atom stereocenters. The summed E-state index contributed by atoms with van der Waals surface area (Å²) in [5, 5.41) is 2.39. The summed E-state index contributed by atoms with van der Waals surface area (Å²) >= 11 is 2.83. The molecular weight excluding hydrogens is 429 g/mol. The van der Waals surface area contributed by atoms with E-state index in [0.29, 0.717) is 0 Å². The third-order valence-electron chi connectivity index (χ3n) is 3.95. The molecule has 1 heterocycles. The lowest BCUT2D eigenvalue weighted by Crippen LogP contribution is -2.28. The number of carbonyl (C=O) groups is 3. The second-order valence-corrected chi connectivity index (χ2v) is 6.67. The van der Waals surface area contributed by atoms with Gasteiger partial charge in [0.15, 0.2) is 0 Å². The standard InChI is InChI=1S/C18H12BrF3N2O3/c19-14-5-4-11(9-13(14)18(20,21)22)23-17(27)10-2-1-3-12(8-10)24-15(25)6-7-16(24)26/h1-5,8-9H,6-7H2,(H,23,27). The van der Waals surface area contributed by atoms with E-state index in [1.54, 1.807) is 0 Å². The third-order valence-corrected chi connectivity index (χ3v) is 4.64. The number of anilines is 2. The molecule has 9 heteroatoms. The molecule has 0 spiro atoms. The molecule has 3 rings (SSSR count). The van der Waals surface area contributed by atoms with Gasteiger partial charge in [0.25, 0.3) is 5.91 Å². The van der Waals surface area contributed by atoms with Gasteiger partial charge in [-0.15, -0.1) is 0 Å². The maximum Gasteiger partial charge on any atom is 0.417 e. The van der Waals surface area contributed by atoms with Crippen molar-refractivity contribution >= 4 is 45.0 Å². The first-order valence-electron chi connectivity index (χ1n) is 7.81. The average molecular weight is 441 g/mol. The van der Waals surface area contributed by atoms with Crippen LogP contribution >= 0.6 is 15.9 Å². The Morgan fingerprint density at radius 2 is 1.70 bits per heavy atom. The minimum absolute atomic E-state index is 0.0331. The van der Waals surface area contributed by atoms with E-state index in [-0.39, 0.29) is 46.1 Å². The average Bonchev–Trinajstić information content (AvgIpc) is 2.94. The van der Waals surface area contributed by atoms with E-state index in [4.69, 9.17) is 0 Å². The van der Waals surface area contributed by atoms with Crippen molar-refractivity contribution in [2.45, 2.75) is 19.0 Å². The number of amides is 3. The summed E-state index contributed by atoms with van der Waals surface area (Å²) < 4.78 is 38.8. The summed E-state index contributed by atoms with van der Waals surface area (Å²) in [6.07, 6.45) is -4.36. The van der Waals surface area contributed by atoms with Crippen LogP contribution in [0.5, 0.6) is 0 Å². The second-order valence-electron chi connectivity index (χ2n) is 5.82. The molecule has 1 saturated heterocycles. The van der Waals surface area contributed by atoms with Gasteiger partial charge in [-0.3, -0.25) is 19.3 Å². The quantitative estimate of drug-likeness (QED) is 0.720. The molecule has 1 N–H and O–H groups in total. The smallest absolute Gasteiger partial charge is 0.322 e. The van der Waals surface area contributed by atoms with Crippen molar-refractivity contribution in [3.8, 4) is 0 Å². The largest absolute Gasteiger partial charge is 0.417 e. The Kier molecular flexibility index (Phi) is 5.05. The Balaban J connectivity index is 1.84. The Bertz CT molecular complexity index is 928. The number of rotatable bonds is 3. The molecule has 0 bridgehead atoms. The van der Waals surface area contributed by atoms with Gasteiger partial charge in [-0.1, -0.05) is 22.0 Å². The minimum Gasteiger partial charge on any atom is -0.322 e. The fraction of sp³-hybridized carbons (Fsp3) is 0.167. The molecule has 0 radical (unpaired) electrons. The Morgan fingerprint density at radius 1 is 1.04 bits per heavy atom. The summed E-state index contributed by atoms with van der Waals surface area (Å²) in [5.41, 5.74) is -0.588. The molecule has 0 atom stereocenters. The number of imide groups is 1. The molecular formula is C18H12BrF3N2O3. The van der Waals surface area contributed by atoms with Crippen LogP contribution in [-0.4, -0.2) is 17.7 Å². The van der Waals surface area contributed by atoms with Crippen molar-refractivity contribution in [3.63, 3.8) is 0 Å². The molecule has 1 fully saturated rings. The van der Waals surface area contributed by atoms with Crippen LogP contribution in [-0.2, 0) is 15.8 Å². The number of benzene rings is 2. The highest BCUT2D eigenvalue weighted by Crippen LogP contribution is 2.36. The van der Waals surface area contributed by atoms with Crippen molar-refractivity contribution in [2.24, 2.45) is 0 Å². The fourth-order valence-electron chi connectivity index (χ4n) is 2.67. The highest BCUT2D eigenvalue weighted by atomic mass is 79.9. The minimum atomic E-state index is -4.57. The fourth-order valence-corrected chi connectivity index (χ4v) is 3.15. The number of nitrogens with zero attached hydrogens (tertiary/aromatic N) is 1. The van der Waals surface area contributed by atoms with Gasteiger partial charge in [0, 0.05) is 28.6 Å². The zero-order valence-corrected chi connectivity index (χ0v) is 15.2. The van der Waals surface area contributed by atoms with Gasteiger partial charge < -0.3 is 5.32 Å². The molecule has 0 saturated carbocycles. The summed E-state index contributed by atoms with van der Waals surface area (Å²) in [5.74, 6) is -1.38. The Hall–Kier alpha value is -2.68. The van der Waals surface area contributed by atoms with Gasteiger partial charge in [0.2, 0.25) is 11.8 Å². The number of hydrogen-bond donors (Lipinski definition) is 1. The topological polar surface area (TPSA) is 66.5 Å². The molecule has 2 aromatic rings. The monoisotopic (exact) mass is 440 g/mol. The molecule has 27 heavy (non-hydrogen) atoms. The van der Waals surface area contributed by atoms with Crippen LogP contribution in [0.1, 0.15) is 28.8 Å². The van der Waals surface area contributed by atoms with E-state index >= 15 is 0 Å². The van der Waals surface area contributed by atoms with Gasteiger partial charge in [-0.05, 0) is 36.4 Å². The van der Waals surface area contributed by atoms with Gasteiger partial charge in [0.05, 0.1) is 11.3 Å². The zero-order chi connectivity index (χ0) is 19.8. The number of hydrogen-bond acceptors (Lipinski definition) is 3. The lowest BCUT2D eigenvalue weighted by atomic mass is 10.1. The van der Waals surface area contributed by atoms with Crippen LogP contribution in [0.15, 0.2) is 46.9 Å². The van der Waals surface area contributed by atoms with Crippen molar-refractivity contribution in [3.05, 3.63) is 58.1 Å². The van der Waals surface area contributed by atoms with Crippen LogP contribution in [0.25, 0.3) is 0 Å². The van der Waals surface area contributed by atoms with Gasteiger partial charge in [-0.25, -0.2) is 0 Å². The van der Waals surface area contributed by atoms with Crippen LogP contribution < -0.4 is 10.2 Å². The van der Waals surface area contributed by atoms with Gasteiger partial charge in [-0.2, -0.15) is 13.2 Å². The predicted molar refractivity (Wildman–Crippen MR) is 95.3 cm³/mol. The predicted octanol–water partition coefficient (Wildman–Crippen LogP) is 4.37. The van der Waals surface area contributed by atoms with Crippen LogP contribution in [0.3, 0.4) is 0 Å². The molecule has 5 nitrogen and oxygen atoms in total. The molecule has 1 aliphatic rings. The van der Waals surface area contributed by atoms with E-state index < -0.39 is 17.6 Å². The van der Waals surface area contributed by atoms with Crippen molar-refractivity contribution < 1.29 is 27.6 Å². The van der Waals surface area contributed by atoms with E-state index in [9.17, 15) is 27.6 Å². The maximum absolute atomic E-state index is 13.0. The zero-order valence-electron chi connectivity index (χ0n) is 13.6. The van der Waals surface area contributed by atoms with E-state index in [1.807, 2.05) is 0 Å². The first kappa shape index (κ1) is 19.1. The highest BCUT2D eigenvalue weighted by Gasteiger charge is 2.33. The van der Waals surface area contributed by atoms with E-state index in [1.165, 1.54) is 36.4 Å². The number of carbonyl (C=O) groups excluding carboxylic acids is 3. The first-order valence-corrected chi connectivity index (χ1v) is 8.60. The lowest BCUT2D eigenvalue weighted by Gasteiger charge is -2.15.